The molecule has 0 aromatic carbocycles. The molecule has 0 aliphatic rings. The molecular weight excluding hydrogens is 208 g/mol. The predicted molar refractivity (Wildman–Crippen MR) is 78.5 cm³/mol. The number of unbranched alkanes of at least 4 members (excludes halogenated alkanes) is 2. The molecule has 0 saturated carbocycles. The smallest absolute Gasteiger partial charge is 0.0195 e. The second-order valence-electron chi connectivity index (χ2n) is 5.94. The molecule has 0 fully saturated rings. The van der Waals surface area contributed by atoms with Crippen molar-refractivity contribution in [3.05, 3.63) is 0 Å². The van der Waals surface area contributed by atoms with Gasteiger partial charge in [0.25, 0.3) is 0 Å². The van der Waals surface area contributed by atoms with Crippen LogP contribution in [0.4, 0.5) is 0 Å². The molecule has 2 nitrogen and oxygen atoms in total. The van der Waals surface area contributed by atoms with Gasteiger partial charge in [-0.1, -0.05) is 33.6 Å². The van der Waals surface area contributed by atoms with E-state index in [1.807, 2.05) is 0 Å². The van der Waals surface area contributed by atoms with Gasteiger partial charge in [-0.3, -0.25) is 4.90 Å². The van der Waals surface area contributed by atoms with Crippen LogP contribution in [0.15, 0.2) is 0 Å². The van der Waals surface area contributed by atoms with Crippen LogP contribution in [0.2, 0.25) is 0 Å². The van der Waals surface area contributed by atoms with Gasteiger partial charge >= 0.3 is 0 Å². The molecule has 104 valence electrons. The van der Waals surface area contributed by atoms with Crippen LogP contribution in [0.5, 0.6) is 0 Å². The zero-order valence-electron chi connectivity index (χ0n) is 12.9. The maximum Gasteiger partial charge on any atom is 0.0195 e. The van der Waals surface area contributed by atoms with Gasteiger partial charge in [0.05, 0.1) is 0 Å². The van der Waals surface area contributed by atoms with Crippen LogP contribution in [0.25, 0.3) is 0 Å². The van der Waals surface area contributed by atoms with Gasteiger partial charge in [-0.25, -0.2) is 0 Å². The molecular formula is C15H34N2. The van der Waals surface area contributed by atoms with Gasteiger partial charge < -0.3 is 5.32 Å². The van der Waals surface area contributed by atoms with E-state index < -0.39 is 0 Å². The summed E-state index contributed by atoms with van der Waals surface area (Å²) in [4.78, 5) is 2.61. The number of hydrogen-bond donors (Lipinski definition) is 1. The largest absolute Gasteiger partial charge is 0.315 e. The first kappa shape index (κ1) is 16.9. The van der Waals surface area contributed by atoms with Gasteiger partial charge in [0.1, 0.15) is 0 Å². The molecule has 0 spiro atoms. The predicted octanol–water partition coefficient (Wildman–Crippen LogP) is 3.52. The normalized spacial score (nSPS) is 13.9. The van der Waals surface area contributed by atoms with Crippen molar-refractivity contribution in [2.45, 2.75) is 72.9 Å². The molecule has 0 radical (unpaired) electrons. The van der Waals surface area contributed by atoms with Gasteiger partial charge in [-0.05, 0) is 39.7 Å². The molecule has 1 N–H and O–H groups in total. The number of nitrogens with zero attached hydrogens (tertiary/aromatic N) is 1. The van der Waals surface area contributed by atoms with E-state index in [1.54, 1.807) is 0 Å². The topological polar surface area (TPSA) is 15.3 Å². The molecule has 0 amide bonds. The van der Waals surface area contributed by atoms with Crippen molar-refractivity contribution in [2.24, 2.45) is 5.92 Å². The van der Waals surface area contributed by atoms with E-state index in [9.17, 15) is 0 Å². The average molecular weight is 242 g/mol. The van der Waals surface area contributed by atoms with Crippen molar-refractivity contribution < 1.29 is 0 Å². The van der Waals surface area contributed by atoms with Crippen LogP contribution in [0.1, 0.15) is 60.8 Å². The zero-order chi connectivity index (χ0) is 13.3. The highest BCUT2D eigenvalue weighted by Gasteiger charge is 2.17. The van der Waals surface area contributed by atoms with Crippen LogP contribution in [0, 0.1) is 5.92 Å². The van der Waals surface area contributed by atoms with E-state index in [4.69, 9.17) is 0 Å². The van der Waals surface area contributed by atoms with Crippen LogP contribution in [-0.2, 0) is 0 Å². The van der Waals surface area contributed by atoms with E-state index in [2.05, 4.69) is 51.8 Å². The summed E-state index contributed by atoms with van der Waals surface area (Å²) in [5, 5.41) is 3.59. The lowest BCUT2D eigenvalue weighted by molar-refractivity contribution is 0.142. The van der Waals surface area contributed by atoms with E-state index in [-0.39, 0.29) is 0 Å². The average Bonchev–Trinajstić information content (AvgIpc) is 2.24. The fourth-order valence-electron chi connectivity index (χ4n) is 2.25. The van der Waals surface area contributed by atoms with Gasteiger partial charge in [-0.15, -0.1) is 0 Å². The SMILES string of the molecule is CCCCCNCC(C)N(CC(C)C)C(C)C. The van der Waals surface area contributed by atoms with E-state index >= 15 is 0 Å². The second-order valence-corrected chi connectivity index (χ2v) is 5.94. The summed E-state index contributed by atoms with van der Waals surface area (Å²) >= 11 is 0. The van der Waals surface area contributed by atoms with E-state index in [1.165, 1.54) is 32.4 Å². The molecule has 0 aromatic heterocycles. The standard InChI is InChI=1S/C15H34N2/c1-7-8-9-10-16-11-15(6)17(14(4)5)12-13(2)3/h13-16H,7-12H2,1-6H3. The molecule has 0 heterocycles. The Morgan fingerprint density at radius 3 is 2.12 bits per heavy atom. The van der Waals surface area contributed by atoms with E-state index in [0.717, 1.165) is 12.5 Å². The first-order chi connectivity index (χ1) is 7.99. The zero-order valence-corrected chi connectivity index (χ0v) is 12.9. The Kier molecular flexibility index (Phi) is 9.85. The molecule has 2 heteroatoms. The Morgan fingerprint density at radius 1 is 1.00 bits per heavy atom. The molecule has 1 atom stereocenters. The molecule has 0 aliphatic carbocycles. The number of rotatable bonds is 10. The summed E-state index contributed by atoms with van der Waals surface area (Å²) in [6.07, 6.45) is 3.97. The first-order valence-electron chi connectivity index (χ1n) is 7.45. The fourth-order valence-corrected chi connectivity index (χ4v) is 2.25. The van der Waals surface area contributed by atoms with Crippen molar-refractivity contribution in [3.8, 4) is 0 Å². The van der Waals surface area contributed by atoms with E-state index in [0.29, 0.717) is 12.1 Å². The first-order valence-corrected chi connectivity index (χ1v) is 7.45. The maximum absolute atomic E-state index is 3.59. The van der Waals surface area contributed by atoms with Gasteiger partial charge in [0.2, 0.25) is 0 Å². The minimum Gasteiger partial charge on any atom is -0.315 e. The van der Waals surface area contributed by atoms with Crippen molar-refractivity contribution >= 4 is 0 Å². The summed E-state index contributed by atoms with van der Waals surface area (Å²) in [6.45, 7) is 17.3. The molecule has 1 unspecified atom stereocenters. The quantitative estimate of drug-likeness (QED) is 0.590. The summed E-state index contributed by atoms with van der Waals surface area (Å²) < 4.78 is 0. The summed E-state index contributed by atoms with van der Waals surface area (Å²) in [5.74, 6) is 0.750. The lowest BCUT2D eigenvalue weighted by Gasteiger charge is -2.34. The number of nitrogens with one attached hydrogen (secondary N) is 1. The third kappa shape index (κ3) is 8.62. The van der Waals surface area contributed by atoms with Crippen molar-refractivity contribution in [3.63, 3.8) is 0 Å². The van der Waals surface area contributed by atoms with Crippen LogP contribution < -0.4 is 5.32 Å². The van der Waals surface area contributed by atoms with Crippen molar-refractivity contribution in [1.29, 1.82) is 0 Å². The summed E-state index contributed by atoms with van der Waals surface area (Å²) in [6, 6.07) is 1.28. The lowest BCUT2D eigenvalue weighted by atomic mass is 10.1. The molecule has 17 heavy (non-hydrogen) atoms. The highest BCUT2D eigenvalue weighted by Crippen LogP contribution is 2.08. The molecule has 0 aliphatic heterocycles. The van der Waals surface area contributed by atoms with Crippen LogP contribution in [-0.4, -0.2) is 36.6 Å². The fraction of sp³-hybridized carbons (Fsp3) is 1.00. The van der Waals surface area contributed by atoms with Gasteiger partial charge in [0, 0.05) is 25.2 Å². The third-order valence-electron chi connectivity index (χ3n) is 3.20. The van der Waals surface area contributed by atoms with Crippen LogP contribution >= 0.6 is 0 Å². The third-order valence-corrected chi connectivity index (χ3v) is 3.20. The monoisotopic (exact) mass is 242 g/mol. The van der Waals surface area contributed by atoms with Gasteiger partial charge in [0.15, 0.2) is 0 Å². The van der Waals surface area contributed by atoms with Crippen molar-refractivity contribution in [1.82, 2.24) is 10.2 Å². The Hall–Kier alpha value is -0.0800. The number of hydrogen-bond acceptors (Lipinski definition) is 2. The second kappa shape index (κ2) is 9.90. The highest BCUT2D eigenvalue weighted by molar-refractivity contribution is 4.74. The van der Waals surface area contributed by atoms with Crippen LogP contribution in [0.3, 0.4) is 0 Å². The Morgan fingerprint density at radius 2 is 1.65 bits per heavy atom. The van der Waals surface area contributed by atoms with Gasteiger partial charge in [-0.2, -0.15) is 0 Å². The maximum atomic E-state index is 3.59. The molecule has 0 bridgehead atoms. The minimum atomic E-state index is 0.638. The Bertz CT molecular complexity index is 166. The van der Waals surface area contributed by atoms with Crippen molar-refractivity contribution in [2.75, 3.05) is 19.6 Å². The highest BCUT2D eigenvalue weighted by atomic mass is 15.2. The Labute approximate surface area is 109 Å². The minimum absolute atomic E-state index is 0.638. The lowest BCUT2D eigenvalue weighted by Crippen LogP contribution is -2.46. The molecule has 0 saturated heterocycles. The Balaban J connectivity index is 3.85. The summed E-state index contributed by atoms with van der Waals surface area (Å²) in [5.41, 5.74) is 0. The molecule has 0 rings (SSSR count). The summed E-state index contributed by atoms with van der Waals surface area (Å²) in [7, 11) is 0. The molecule has 0 aromatic rings.